The molecule has 1 saturated carbocycles. The highest BCUT2D eigenvalue weighted by Gasteiger charge is 2.32. The van der Waals surface area contributed by atoms with Crippen molar-refractivity contribution in [1.29, 1.82) is 0 Å². The van der Waals surface area contributed by atoms with Gasteiger partial charge in [0.15, 0.2) is 0 Å². The second-order valence-electron chi connectivity index (χ2n) is 4.91. The van der Waals surface area contributed by atoms with Crippen molar-refractivity contribution in [2.75, 3.05) is 6.54 Å². The summed E-state index contributed by atoms with van der Waals surface area (Å²) >= 11 is 0. The molecule has 2 amide bonds. The van der Waals surface area contributed by atoms with Gasteiger partial charge in [0.2, 0.25) is 0 Å². The zero-order valence-electron chi connectivity index (χ0n) is 11.1. The van der Waals surface area contributed by atoms with Crippen LogP contribution in [-0.2, 0) is 11.3 Å². The Bertz CT molecular complexity index is 466. The van der Waals surface area contributed by atoms with E-state index in [0.717, 1.165) is 12.8 Å². The van der Waals surface area contributed by atoms with Gasteiger partial charge in [-0.05, 0) is 30.9 Å². The molecule has 0 bridgehead atoms. The van der Waals surface area contributed by atoms with Crippen molar-refractivity contribution in [3.05, 3.63) is 24.0 Å². The number of carboxylic acid groups (broad SMARTS) is 1. The summed E-state index contributed by atoms with van der Waals surface area (Å²) in [4.78, 5) is 22.7. The summed E-state index contributed by atoms with van der Waals surface area (Å²) in [6.45, 7) is 0.690. The smallest absolute Gasteiger partial charge is 0.315 e. The minimum absolute atomic E-state index is 0.0229. The van der Waals surface area contributed by atoms with Crippen LogP contribution in [0.25, 0.3) is 0 Å². The zero-order valence-corrected chi connectivity index (χ0v) is 11.1. The lowest BCUT2D eigenvalue weighted by molar-refractivity contribution is -0.142. The minimum atomic E-state index is -0.769. The van der Waals surface area contributed by atoms with Gasteiger partial charge >= 0.3 is 12.0 Å². The monoisotopic (exact) mass is 278 g/mol. The summed E-state index contributed by atoms with van der Waals surface area (Å²) in [7, 11) is 0. The number of urea groups is 1. The molecule has 0 saturated heterocycles. The molecule has 7 nitrogen and oxygen atoms in total. The van der Waals surface area contributed by atoms with Gasteiger partial charge in [-0.2, -0.15) is 10.2 Å². The fourth-order valence-electron chi connectivity index (χ4n) is 2.49. The highest BCUT2D eigenvalue weighted by Crippen LogP contribution is 2.31. The molecule has 2 unspecified atom stereocenters. The van der Waals surface area contributed by atoms with Gasteiger partial charge in [0.1, 0.15) is 0 Å². The second kappa shape index (κ2) is 6.83. The number of carbonyl (C=O) groups is 2. The van der Waals surface area contributed by atoms with E-state index in [1.54, 1.807) is 18.3 Å². The van der Waals surface area contributed by atoms with E-state index >= 15 is 0 Å². The van der Waals surface area contributed by atoms with Crippen LogP contribution in [0.3, 0.4) is 0 Å². The SMILES string of the molecule is O=C(NCc1cccnn1)NCC1CCCC1C(=O)O. The second-order valence-corrected chi connectivity index (χ2v) is 4.91. The van der Waals surface area contributed by atoms with Crippen LogP contribution in [0.2, 0.25) is 0 Å². The molecule has 1 heterocycles. The van der Waals surface area contributed by atoms with Crippen LogP contribution >= 0.6 is 0 Å². The lowest BCUT2D eigenvalue weighted by Crippen LogP contribution is -2.39. The molecule has 1 aliphatic carbocycles. The summed E-state index contributed by atoms with van der Waals surface area (Å²) in [5.41, 5.74) is 0.673. The van der Waals surface area contributed by atoms with Gasteiger partial charge in [-0.15, -0.1) is 0 Å². The first-order chi connectivity index (χ1) is 9.66. The molecule has 2 atom stereocenters. The number of carbonyl (C=O) groups excluding carboxylic acids is 1. The molecular formula is C13H18N4O3. The molecule has 3 N–H and O–H groups in total. The van der Waals surface area contributed by atoms with Gasteiger partial charge < -0.3 is 15.7 Å². The largest absolute Gasteiger partial charge is 0.481 e. The molecule has 2 rings (SSSR count). The van der Waals surface area contributed by atoms with E-state index in [-0.39, 0.29) is 17.9 Å². The van der Waals surface area contributed by atoms with E-state index in [9.17, 15) is 9.59 Å². The maximum Gasteiger partial charge on any atom is 0.315 e. The predicted molar refractivity (Wildman–Crippen MR) is 70.7 cm³/mol. The molecule has 1 aromatic heterocycles. The van der Waals surface area contributed by atoms with Crippen LogP contribution in [0.5, 0.6) is 0 Å². The van der Waals surface area contributed by atoms with Crippen molar-refractivity contribution in [3.8, 4) is 0 Å². The van der Waals surface area contributed by atoms with Crippen molar-refractivity contribution in [1.82, 2.24) is 20.8 Å². The van der Waals surface area contributed by atoms with Crippen molar-refractivity contribution in [2.45, 2.75) is 25.8 Å². The molecular weight excluding hydrogens is 260 g/mol. The maximum absolute atomic E-state index is 11.6. The molecule has 0 spiro atoms. The molecule has 0 aliphatic heterocycles. The normalized spacial score (nSPS) is 21.4. The van der Waals surface area contributed by atoms with Crippen LogP contribution in [-0.4, -0.2) is 33.8 Å². The van der Waals surface area contributed by atoms with Crippen LogP contribution in [0, 0.1) is 11.8 Å². The number of nitrogens with zero attached hydrogens (tertiary/aromatic N) is 2. The highest BCUT2D eigenvalue weighted by atomic mass is 16.4. The standard InChI is InChI=1S/C13H18N4O3/c18-12(19)11-5-1-3-9(11)7-14-13(20)15-8-10-4-2-6-16-17-10/h2,4,6,9,11H,1,3,5,7-8H2,(H,18,19)(H2,14,15,20). The maximum atomic E-state index is 11.6. The Hall–Kier alpha value is -2.18. The van der Waals surface area contributed by atoms with Crippen LogP contribution in [0.4, 0.5) is 4.79 Å². The molecule has 1 aliphatic rings. The number of aliphatic carboxylic acids is 1. The Morgan fingerprint density at radius 1 is 1.35 bits per heavy atom. The minimum Gasteiger partial charge on any atom is -0.481 e. The number of aromatic nitrogens is 2. The number of amides is 2. The Morgan fingerprint density at radius 2 is 2.20 bits per heavy atom. The third-order valence-electron chi connectivity index (χ3n) is 3.56. The third kappa shape index (κ3) is 3.91. The van der Waals surface area contributed by atoms with Crippen molar-refractivity contribution in [2.24, 2.45) is 11.8 Å². The fourth-order valence-corrected chi connectivity index (χ4v) is 2.49. The van der Waals surface area contributed by atoms with E-state index in [1.165, 1.54) is 0 Å². The summed E-state index contributed by atoms with van der Waals surface area (Å²) in [5.74, 6) is -1.08. The van der Waals surface area contributed by atoms with Crippen LogP contribution < -0.4 is 10.6 Å². The average Bonchev–Trinajstić information content (AvgIpc) is 2.92. The first kappa shape index (κ1) is 14.2. The van der Waals surface area contributed by atoms with Crippen molar-refractivity contribution < 1.29 is 14.7 Å². The van der Waals surface area contributed by atoms with Crippen molar-refractivity contribution >= 4 is 12.0 Å². The number of rotatable bonds is 5. The quantitative estimate of drug-likeness (QED) is 0.738. The highest BCUT2D eigenvalue weighted by molar-refractivity contribution is 5.74. The predicted octanol–water partition coefficient (Wildman–Crippen LogP) is 0.777. The molecule has 0 radical (unpaired) electrons. The van der Waals surface area contributed by atoms with E-state index in [2.05, 4.69) is 20.8 Å². The first-order valence-corrected chi connectivity index (χ1v) is 6.68. The van der Waals surface area contributed by atoms with E-state index in [0.29, 0.717) is 25.2 Å². The summed E-state index contributed by atoms with van der Waals surface area (Å²) in [6, 6.07) is 3.20. The molecule has 108 valence electrons. The summed E-state index contributed by atoms with van der Waals surface area (Å²) in [5, 5.41) is 22.0. The zero-order chi connectivity index (χ0) is 14.4. The van der Waals surface area contributed by atoms with Crippen molar-refractivity contribution in [3.63, 3.8) is 0 Å². The number of hydrogen-bond donors (Lipinski definition) is 3. The molecule has 1 fully saturated rings. The number of nitrogens with one attached hydrogen (secondary N) is 2. The third-order valence-corrected chi connectivity index (χ3v) is 3.56. The summed E-state index contributed by atoms with van der Waals surface area (Å²) in [6.07, 6.45) is 4.02. The summed E-state index contributed by atoms with van der Waals surface area (Å²) < 4.78 is 0. The molecule has 0 aromatic carbocycles. The van der Waals surface area contributed by atoms with E-state index in [4.69, 9.17) is 5.11 Å². The van der Waals surface area contributed by atoms with Gasteiger partial charge in [0.25, 0.3) is 0 Å². The Labute approximate surface area is 116 Å². The lowest BCUT2D eigenvalue weighted by Gasteiger charge is -2.16. The first-order valence-electron chi connectivity index (χ1n) is 6.68. The molecule has 7 heteroatoms. The van der Waals surface area contributed by atoms with Gasteiger partial charge in [0.05, 0.1) is 18.2 Å². The number of carboxylic acids is 1. The molecule has 1 aromatic rings. The van der Waals surface area contributed by atoms with Gasteiger partial charge in [-0.25, -0.2) is 4.79 Å². The van der Waals surface area contributed by atoms with Gasteiger partial charge in [-0.3, -0.25) is 4.79 Å². The number of hydrogen-bond acceptors (Lipinski definition) is 4. The topological polar surface area (TPSA) is 104 Å². The molecule has 20 heavy (non-hydrogen) atoms. The van der Waals surface area contributed by atoms with E-state index in [1.807, 2.05) is 0 Å². The Kier molecular flexibility index (Phi) is 4.86. The van der Waals surface area contributed by atoms with E-state index < -0.39 is 5.97 Å². The average molecular weight is 278 g/mol. The Balaban J connectivity index is 1.71. The van der Waals surface area contributed by atoms with Crippen LogP contribution in [0.1, 0.15) is 25.0 Å². The lowest BCUT2D eigenvalue weighted by atomic mass is 9.96. The Morgan fingerprint density at radius 3 is 2.90 bits per heavy atom. The van der Waals surface area contributed by atoms with Gasteiger partial charge in [-0.1, -0.05) is 6.42 Å². The van der Waals surface area contributed by atoms with Crippen LogP contribution in [0.15, 0.2) is 18.3 Å². The van der Waals surface area contributed by atoms with Gasteiger partial charge in [0, 0.05) is 12.7 Å². The fraction of sp³-hybridized carbons (Fsp3) is 0.538.